The highest BCUT2D eigenvalue weighted by Crippen LogP contribution is 2.21. The predicted octanol–water partition coefficient (Wildman–Crippen LogP) is 3.44. The van der Waals surface area contributed by atoms with Crippen molar-refractivity contribution in [3.8, 4) is 0 Å². The van der Waals surface area contributed by atoms with Crippen molar-refractivity contribution in [1.82, 2.24) is 10.2 Å². The number of hydrogen-bond acceptors (Lipinski definition) is 5. The number of methoxy groups -OCH3 is 1. The van der Waals surface area contributed by atoms with E-state index in [0.717, 1.165) is 49.2 Å². The van der Waals surface area contributed by atoms with Gasteiger partial charge in [0.25, 0.3) is 0 Å². The third kappa shape index (κ3) is 10.1. The molecular formula is C25H32FN3O4. The van der Waals surface area contributed by atoms with Crippen molar-refractivity contribution in [2.45, 2.75) is 32.4 Å². The van der Waals surface area contributed by atoms with Crippen molar-refractivity contribution in [3.63, 3.8) is 0 Å². The van der Waals surface area contributed by atoms with Crippen molar-refractivity contribution in [3.05, 3.63) is 78.1 Å². The average Bonchev–Trinajstić information content (AvgIpc) is 3.20. The molecule has 2 amide bonds. The number of carbonyl (C=O) groups is 3. The average molecular weight is 458 g/mol. The van der Waals surface area contributed by atoms with E-state index in [4.69, 9.17) is 0 Å². The van der Waals surface area contributed by atoms with Crippen LogP contribution in [-0.2, 0) is 38.6 Å². The molecule has 2 aromatic rings. The second-order valence-electron chi connectivity index (χ2n) is 7.25. The molecule has 0 atom stereocenters. The molecule has 7 nitrogen and oxygen atoms in total. The lowest BCUT2D eigenvalue weighted by Gasteiger charge is -2.05. The van der Waals surface area contributed by atoms with Gasteiger partial charge < -0.3 is 15.4 Å². The lowest BCUT2D eigenvalue weighted by atomic mass is 10.1. The van der Waals surface area contributed by atoms with Gasteiger partial charge in [0.2, 0.25) is 6.41 Å². The Morgan fingerprint density at radius 3 is 2.39 bits per heavy atom. The molecule has 3 rings (SSSR count). The van der Waals surface area contributed by atoms with Gasteiger partial charge in [-0.3, -0.25) is 14.5 Å². The largest absolute Gasteiger partial charge is 0.462 e. The van der Waals surface area contributed by atoms with Crippen LogP contribution in [0.4, 0.5) is 10.1 Å². The van der Waals surface area contributed by atoms with Crippen LogP contribution in [0.3, 0.4) is 0 Å². The minimum Gasteiger partial charge on any atom is -0.462 e. The van der Waals surface area contributed by atoms with E-state index in [1.165, 1.54) is 18.7 Å². The van der Waals surface area contributed by atoms with Crippen molar-refractivity contribution in [2.75, 3.05) is 26.0 Å². The number of amides is 2. The number of halogens is 1. The van der Waals surface area contributed by atoms with E-state index >= 15 is 0 Å². The maximum absolute atomic E-state index is 12.7. The number of unbranched alkanes of at least 4 members (excludes halogenated alkanes) is 1. The number of nitrogens with one attached hydrogen (secondary N) is 2. The van der Waals surface area contributed by atoms with Crippen LogP contribution in [0.25, 0.3) is 0 Å². The summed E-state index contributed by atoms with van der Waals surface area (Å²) in [4.78, 5) is 34.3. The monoisotopic (exact) mass is 457 g/mol. The number of ether oxygens (including phenoxy) is 1. The molecule has 0 unspecified atom stereocenters. The van der Waals surface area contributed by atoms with E-state index in [0.29, 0.717) is 13.0 Å². The zero-order valence-corrected chi connectivity index (χ0v) is 19.2. The first-order valence-electron chi connectivity index (χ1n) is 10.5. The summed E-state index contributed by atoms with van der Waals surface area (Å²) in [7, 11) is 3.21. The normalized spacial score (nSPS) is 11.6. The number of nitrogens with zero attached hydrogens (tertiary/aromatic N) is 1. The Hall–Kier alpha value is -3.52. The summed E-state index contributed by atoms with van der Waals surface area (Å²) >= 11 is 0. The molecule has 8 heteroatoms. The third-order valence-electron chi connectivity index (χ3n) is 4.78. The Labute approximate surface area is 194 Å². The van der Waals surface area contributed by atoms with Gasteiger partial charge in [-0.1, -0.05) is 18.2 Å². The first-order chi connectivity index (χ1) is 15.9. The molecule has 0 aliphatic carbocycles. The fraction of sp³-hybridized carbons (Fsp3) is 0.320. The Bertz CT molecular complexity index is 903. The van der Waals surface area contributed by atoms with Gasteiger partial charge in [-0.15, -0.1) is 13.2 Å². The van der Waals surface area contributed by atoms with E-state index in [2.05, 4.69) is 33.4 Å². The summed E-state index contributed by atoms with van der Waals surface area (Å²) in [5.41, 5.74) is 4.30. The van der Waals surface area contributed by atoms with Crippen LogP contribution >= 0.6 is 0 Å². The summed E-state index contributed by atoms with van der Waals surface area (Å²) in [5.74, 6) is -1.71. The quantitative estimate of drug-likeness (QED) is 0.219. The van der Waals surface area contributed by atoms with Crippen molar-refractivity contribution in [1.29, 1.82) is 0 Å². The summed E-state index contributed by atoms with van der Waals surface area (Å²) < 4.78 is 17.0. The molecule has 178 valence electrons. The van der Waals surface area contributed by atoms with Crippen LogP contribution in [0.15, 0.2) is 55.6 Å². The third-order valence-corrected chi connectivity index (χ3v) is 4.78. The first-order valence-corrected chi connectivity index (χ1v) is 10.5. The molecule has 1 heterocycles. The predicted molar refractivity (Wildman–Crippen MR) is 127 cm³/mol. The molecule has 0 saturated heterocycles. The Kier molecular flexibility index (Phi) is 12.8. The molecule has 0 saturated carbocycles. The molecular weight excluding hydrogens is 425 g/mol. The maximum atomic E-state index is 12.7. The van der Waals surface area contributed by atoms with Crippen LogP contribution in [0.2, 0.25) is 0 Å². The molecule has 0 spiro atoms. The second kappa shape index (κ2) is 15.3. The molecule has 1 aliphatic heterocycles. The Morgan fingerprint density at radius 1 is 1.09 bits per heavy atom. The van der Waals surface area contributed by atoms with Gasteiger partial charge in [0.15, 0.2) is 0 Å². The Morgan fingerprint density at radius 2 is 1.76 bits per heavy atom. The second-order valence-corrected chi connectivity index (χ2v) is 7.25. The fourth-order valence-corrected chi connectivity index (χ4v) is 3.19. The van der Waals surface area contributed by atoms with Gasteiger partial charge in [0.05, 0.1) is 7.11 Å². The number of anilines is 1. The lowest BCUT2D eigenvalue weighted by Crippen LogP contribution is -2.32. The van der Waals surface area contributed by atoms with Gasteiger partial charge in [-0.05, 0) is 67.3 Å². The molecule has 0 bridgehead atoms. The van der Waals surface area contributed by atoms with Crippen molar-refractivity contribution >= 4 is 24.0 Å². The summed E-state index contributed by atoms with van der Waals surface area (Å²) in [6.45, 7) is 8.28. The number of benzene rings is 2. The van der Waals surface area contributed by atoms with Crippen molar-refractivity contribution in [2.24, 2.45) is 0 Å². The highest BCUT2D eigenvalue weighted by atomic mass is 19.1. The molecule has 0 aromatic heterocycles. The van der Waals surface area contributed by atoms with Crippen LogP contribution in [0.5, 0.6) is 0 Å². The number of hydrogen-bond donors (Lipinski definition) is 2. The molecule has 33 heavy (non-hydrogen) atoms. The van der Waals surface area contributed by atoms with Crippen LogP contribution in [-0.4, -0.2) is 43.9 Å². The Balaban J connectivity index is 0.000000349. The van der Waals surface area contributed by atoms with E-state index in [-0.39, 0.29) is 5.82 Å². The molecule has 2 aromatic carbocycles. The maximum Gasteiger partial charge on any atom is 0.396 e. The van der Waals surface area contributed by atoms with E-state index in [9.17, 15) is 18.8 Å². The van der Waals surface area contributed by atoms with Crippen LogP contribution < -0.4 is 10.6 Å². The number of rotatable bonds is 7. The molecule has 0 radical (unpaired) electrons. The molecule has 1 aliphatic rings. The summed E-state index contributed by atoms with van der Waals surface area (Å²) in [6.07, 6.45) is 3.17. The summed E-state index contributed by atoms with van der Waals surface area (Å²) in [6, 6.07) is 12.6. The lowest BCUT2D eigenvalue weighted by molar-refractivity contribution is -0.152. The standard InChI is InChI=1S/C14H18N2O4.C9H10FN.C2H4/c1-20-14(19)13(18)15-9-3-2-4-11-5-7-12(8-6-11)16-10-17;1-11-5-7-2-3-9(10)4-8(7)6-11;1-2/h5-8,10H,2-4,9H2,1H3,(H,15,18)(H,16,17);2-4H,5-6H2,1H3;1-2H2. The topological polar surface area (TPSA) is 87.7 Å². The molecule has 2 N–H and O–H groups in total. The number of fused-ring (bicyclic) bond motifs is 1. The number of aryl methyl sites for hydroxylation is 1. The highest BCUT2D eigenvalue weighted by Gasteiger charge is 2.15. The zero-order chi connectivity index (χ0) is 24.6. The van der Waals surface area contributed by atoms with Crippen molar-refractivity contribution < 1.29 is 23.5 Å². The van der Waals surface area contributed by atoms with Gasteiger partial charge in [0.1, 0.15) is 5.82 Å². The minimum atomic E-state index is -0.872. The number of esters is 1. The van der Waals surface area contributed by atoms with E-state index in [1.807, 2.05) is 37.4 Å². The van der Waals surface area contributed by atoms with Gasteiger partial charge in [-0.2, -0.15) is 0 Å². The first kappa shape index (κ1) is 27.5. The van der Waals surface area contributed by atoms with Gasteiger partial charge in [-0.25, -0.2) is 9.18 Å². The fourth-order valence-electron chi connectivity index (χ4n) is 3.19. The SMILES string of the molecule is C=C.CN1Cc2ccc(F)cc2C1.COC(=O)C(=O)NCCCCc1ccc(NC=O)cc1. The molecule has 0 fully saturated rings. The van der Waals surface area contributed by atoms with E-state index < -0.39 is 11.9 Å². The number of carbonyl (C=O) groups excluding carboxylic acids is 3. The smallest absolute Gasteiger partial charge is 0.396 e. The zero-order valence-electron chi connectivity index (χ0n) is 19.2. The van der Waals surface area contributed by atoms with Gasteiger partial charge >= 0.3 is 11.9 Å². The van der Waals surface area contributed by atoms with Crippen LogP contribution in [0, 0.1) is 5.82 Å². The van der Waals surface area contributed by atoms with Crippen LogP contribution in [0.1, 0.15) is 29.5 Å². The van der Waals surface area contributed by atoms with Gasteiger partial charge in [0, 0.05) is 25.3 Å². The summed E-state index contributed by atoms with van der Waals surface area (Å²) in [5, 5.41) is 5.05. The highest BCUT2D eigenvalue weighted by molar-refractivity contribution is 6.32. The minimum absolute atomic E-state index is 0.126. The van der Waals surface area contributed by atoms with E-state index in [1.54, 1.807) is 6.07 Å².